The molecule has 0 aliphatic rings. The second-order valence-corrected chi connectivity index (χ2v) is 5.50. The Balaban J connectivity index is 2.79. The maximum Gasteiger partial charge on any atom is 0.253 e. The summed E-state index contributed by atoms with van der Waals surface area (Å²) in [4.78, 5) is 14.1. The lowest BCUT2D eigenvalue weighted by molar-refractivity contribution is 0.0728. The van der Waals surface area contributed by atoms with Gasteiger partial charge in [0.15, 0.2) is 0 Å². The van der Waals surface area contributed by atoms with Gasteiger partial charge >= 0.3 is 0 Å². The molecule has 0 bridgehead atoms. The molecule has 1 rings (SSSR count). The van der Waals surface area contributed by atoms with Gasteiger partial charge in [-0.1, -0.05) is 26.0 Å². The Bertz CT molecular complexity index is 403. The van der Waals surface area contributed by atoms with Crippen LogP contribution < -0.4 is 0 Å². The van der Waals surface area contributed by atoms with Gasteiger partial charge in [-0.05, 0) is 37.0 Å². The first-order chi connectivity index (χ1) is 8.45. The Kier molecular flexibility index (Phi) is 5.67. The molecule has 1 unspecified atom stereocenters. The van der Waals surface area contributed by atoms with Gasteiger partial charge in [0, 0.05) is 24.5 Å². The van der Waals surface area contributed by atoms with Crippen molar-refractivity contribution >= 4 is 17.5 Å². The highest BCUT2D eigenvalue weighted by molar-refractivity contribution is 6.17. The second kappa shape index (κ2) is 6.79. The van der Waals surface area contributed by atoms with Crippen LogP contribution in [0.1, 0.15) is 43.1 Å². The fourth-order valence-electron chi connectivity index (χ4n) is 2.03. The van der Waals surface area contributed by atoms with Crippen molar-refractivity contribution in [3.05, 3.63) is 35.4 Å². The molecule has 0 spiro atoms. The van der Waals surface area contributed by atoms with Gasteiger partial charge in [0.1, 0.15) is 0 Å². The van der Waals surface area contributed by atoms with Crippen LogP contribution in [0.3, 0.4) is 0 Å². The zero-order valence-corrected chi connectivity index (χ0v) is 12.4. The Hall–Kier alpha value is -1.02. The summed E-state index contributed by atoms with van der Waals surface area (Å²) < 4.78 is 0. The first-order valence-electron chi connectivity index (χ1n) is 6.37. The van der Waals surface area contributed by atoms with E-state index in [0.29, 0.717) is 17.4 Å². The summed E-state index contributed by atoms with van der Waals surface area (Å²) in [6.45, 7) is 6.43. The highest BCUT2D eigenvalue weighted by Crippen LogP contribution is 2.14. The molecule has 0 aromatic heterocycles. The summed E-state index contributed by atoms with van der Waals surface area (Å²) in [7, 11) is 1.86. The van der Waals surface area contributed by atoms with Gasteiger partial charge in [-0.3, -0.25) is 4.79 Å². The first-order valence-corrected chi connectivity index (χ1v) is 6.91. The summed E-state index contributed by atoms with van der Waals surface area (Å²) in [6, 6.07) is 7.77. The average Bonchev–Trinajstić information content (AvgIpc) is 2.36. The van der Waals surface area contributed by atoms with Gasteiger partial charge in [-0.15, -0.1) is 11.6 Å². The van der Waals surface area contributed by atoms with E-state index in [9.17, 15) is 4.79 Å². The third-order valence-corrected chi connectivity index (χ3v) is 3.43. The Morgan fingerprint density at radius 3 is 2.56 bits per heavy atom. The number of alkyl halides is 1. The number of carbonyl (C=O) groups is 1. The monoisotopic (exact) mass is 267 g/mol. The molecule has 100 valence electrons. The molecule has 1 atom stereocenters. The summed E-state index contributed by atoms with van der Waals surface area (Å²) >= 11 is 5.79. The van der Waals surface area contributed by atoms with Crippen molar-refractivity contribution in [2.24, 2.45) is 5.92 Å². The van der Waals surface area contributed by atoms with Gasteiger partial charge in [0.25, 0.3) is 5.91 Å². The van der Waals surface area contributed by atoms with Crippen molar-refractivity contribution in [1.29, 1.82) is 0 Å². The van der Waals surface area contributed by atoms with Crippen molar-refractivity contribution < 1.29 is 4.79 Å². The molecule has 0 N–H and O–H groups in total. The van der Waals surface area contributed by atoms with Gasteiger partial charge in [0.2, 0.25) is 0 Å². The number of rotatable bonds is 5. The van der Waals surface area contributed by atoms with E-state index in [-0.39, 0.29) is 11.9 Å². The molecule has 1 amide bonds. The molecule has 2 nitrogen and oxygen atoms in total. The van der Waals surface area contributed by atoms with Crippen LogP contribution in [0.5, 0.6) is 0 Å². The van der Waals surface area contributed by atoms with Crippen LogP contribution in [-0.4, -0.2) is 23.9 Å². The van der Waals surface area contributed by atoms with Crippen LogP contribution >= 0.6 is 11.6 Å². The molecule has 0 aliphatic heterocycles. The maximum absolute atomic E-state index is 12.3. The number of halogens is 1. The molecule has 18 heavy (non-hydrogen) atoms. The van der Waals surface area contributed by atoms with Crippen molar-refractivity contribution in [2.45, 2.75) is 39.1 Å². The van der Waals surface area contributed by atoms with E-state index in [1.807, 2.05) is 36.2 Å². The minimum Gasteiger partial charge on any atom is -0.339 e. The van der Waals surface area contributed by atoms with Crippen molar-refractivity contribution in [3.8, 4) is 0 Å². The van der Waals surface area contributed by atoms with E-state index in [0.717, 1.165) is 12.0 Å². The fraction of sp³-hybridized carbons (Fsp3) is 0.533. The van der Waals surface area contributed by atoms with Gasteiger partial charge in [-0.25, -0.2) is 0 Å². The van der Waals surface area contributed by atoms with Crippen molar-refractivity contribution in [3.63, 3.8) is 0 Å². The van der Waals surface area contributed by atoms with Crippen LogP contribution in [0, 0.1) is 5.92 Å². The van der Waals surface area contributed by atoms with E-state index in [1.165, 1.54) is 0 Å². The molecule has 3 heteroatoms. The summed E-state index contributed by atoms with van der Waals surface area (Å²) in [5.74, 6) is 1.09. The normalized spacial score (nSPS) is 12.6. The third kappa shape index (κ3) is 4.02. The van der Waals surface area contributed by atoms with Crippen LogP contribution in [0.2, 0.25) is 0 Å². The van der Waals surface area contributed by atoms with Crippen LogP contribution in [0.25, 0.3) is 0 Å². The number of amides is 1. The number of nitrogens with zero attached hydrogens (tertiary/aromatic N) is 1. The predicted octanol–water partition coefficient (Wildman–Crippen LogP) is 3.93. The third-order valence-electron chi connectivity index (χ3n) is 3.12. The van der Waals surface area contributed by atoms with Gasteiger partial charge in [-0.2, -0.15) is 0 Å². The summed E-state index contributed by atoms with van der Waals surface area (Å²) in [6.07, 6.45) is 1.01. The lowest BCUT2D eigenvalue weighted by atomic mass is 10.0. The number of hydrogen-bond acceptors (Lipinski definition) is 1. The minimum absolute atomic E-state index is 0.0649. The molecule has 0 fully saturated rings. The maximum atomic E-state index is 12.3. The molecule has 0 radical (unpaired) electrons. The van der Waals surface area contributed by atoms with Gasteiger partial charge in [0.05, 0.1) is 0 Å². The van der Waals surface area contributed by atoms with E-state index in [2.05, 4.69) is 20.8 Å². The van der Waals surface area contributed by atoms with Crippen molar-refractivity contribution in [2.75, 3.05) is 7.05 Å². The number of benzene rings is 1. The molecule has 0 saturated carbocycles. The van der Waals surface area contributed by atoms with E-state index < -0.39 is 0 Å². The lowest BCUT2D eigenvalue weighted by Gasteiger charge is -2.26. The Morgan fingerprint density at radius 1 is 1.33 bits per heavy atom. The molecule has 1 aromatic carbocycles. The SMILES string of the molecule is CC(C)CC(C)N(C)C(=O)c1cccc(CCl)c1. The van der Waals surface area contributed by atoms with E-state index >= 15 is 0 Å². The van der Waals surface area contributed by atoms with Crippen LogP contribution in [-0.2, 0) is 5.88 Å². The number of hydrogen-bond donors (Lipinski definition) is 0. The van der Waals surface area contributed by atoms with Crippen LogP contribution in [0.4, 0.5) is 0 Å². The fourth-order valence-corrected chi connectivity index (χ4v) is 2.20. The van der Waals surface area contributed by atoms with E-state index in [1.54, 1.807) is 0 Å². The van der Waals surface area contributed by atoms with Crippen molar-refractivity contribution in [1.82, 2.24) is 4.90 Å². The lowest BCUT2D eigenvalue weighted by Crippen LogP contribution is -2.35. The Morgan fingerprint density at radius 2 is 2.00 bits per heavy atom. The molecule has 0 aliphatic carbocycles. The quantitative estimate of drug-likeness (QED) is 0.740. The summed E-state index contributed by atoms with van der Waals surface area (Å²) in [5, 5.41) is 0. The summed E-state index contributed by atoms with van der Waals surface area (Å²) in [5.41, 5.74) is 1.69. The minimum atomic E-state index is 0.0649. The average molecular weight is 268 g/mol. The first kappa shape index (κ1) is 15.0. The highest BCUT2D eigenvalue weighted by Gasteiger charge is 2.18. The smallest absolute Gasteiger partial charge is 0.253 e. The highest BCUT2D eigenvalue weighted by atomic mass is 35.5. The molecule has 0 heterocycles. The number of carbonyl (C=O) groups excluding carboxylic acids is 1. The van der Waals surface area contributed by atoms with Gasteiger partial charge < -0.3 is 4.90 Å². The topological polar surface area (TPSA) is 20.3 Å². The standard InChI is InChI=1S/C15H22ClNO/c1-11(2)8-12(3)17(4)15(18)14-7-5-6-13(9-14)10-16/h5-7,9,11-12H,8,10H2,1-4H3. The predicted molar refractivity (Wildman–Crippen MR) is 77.0 cm³/mol. The zero-order chi connectivity index (χ0) is 13.7. The zero-order valence-electron chi connectivity index (χ0n) is 11.6. The largest absolute Gasteiger partial charge is 0.339 e. The molecule has 1 aromatic rings. The Labute approximate surface area is 115 Å². The molecular weight excluding hydrogens is 246 g/mol. The molecule has 0 saturated heterocycles. The van der Waals surface area contributed by atoms with E-state index in [4.69, 9.17) is 11.6 Å². The molecular formula is C15H22ClNO. The van der Waals surface area contributed by atoms with Crippen LogP contribution in [0.15, 0.2) is 24.3 Å². The second-order valence-electron chi connectivity index (χ2n) is 5.23.